The quantitative estimate of drug-likeness (QED) is 0.906. The number of methoxy groups -OCH3 is 1. The SMILES string of the molecule is COc1cc(Br)c(F)c(C2CNCCO2)c1. The van der Waals surface area contributed by atoms with Crippen LogP contribution in [0.4, 0.5) is 4.39 Å². The summed E-state index contributed by atoms with van der Waals surface area (Å²) in [5, 5.41) is 3.17. The van der Waals surface area contributed by atoms with Gasteiger partial charge in [-0.3, -0.25) is 0 Å². The molecule has 1 saturated heterocycles. The Labute approximate surface area is 102 Å². The van der Waals surface area contributed by atoms with Gasteiger partial charge < -0.3 is 14.8 Å². The van der Waals surface area contributed by atoms with Crippen LogP contribution in [-0.2, 0) is 4.74 Å². The molecule has 0 radical (unpaired) electrons. The summed E-state index contributed by atoms with van der Waals surface area (Å²) in [6.07, 6.45) is -0.250. The number of hydrogen-bond acceptors (Lipinski definition) is 3. The van der Waals surface area contributed by atoms with Crippen molar-refractivity contribution in [1.82, 2.24) is 5.32 Å². The van der Waals surface area contributed by atoms with Crippen molar-refractivity contribution < 1.29 is 13.9 Å². The van der Waals surface area contributed by atoms with Crippen LogP contribution in [0.25, 0.3) is 0 Å². The largest absolute Gasteiger partial charge is 0.497 e. The maximum absolute atomic E-state index is 13.9. The number of nitrogens with one attached hydrogen (secondary N) is 1. The summed E-state index contributed by atoms with van der Waals surface area (Å²) < 4.78 is 24.9. The molecule has 1 N–H and O–H groups in total. The Morgan fingerprint density at radius 2 is 2.38 bits per heavy atom. The van der Waals surface area contributed by atoms with Crippen molar-refractivity contribution in [1.29, 1.82) is 0 Å². The average Bonchev–Trinajstić information content (AvgIpc) is 2.33. The maximum Gasteiger partial charge on any atom is 0.143 e. The first-order valence-corrected chi connectivity index (χ1v) is 5.87. The van der Waals surface area contributed by atoms with E-state index in [2.05, 4.69) is 21.2 Å². The van der Waals surface area contributed by atoms with E-state index in [-0.39, 0.29) is 11.9 Å². The molecule has 1 aromatic rings. The highest BCUT2D eigenvalue weighted by molar-refractivity contribution is 9.10. The van der Waals surface area contributed by atoms with Crippen LogP contribution in [0.1, 0.15) is 11.7 Å². The van der Waals surface area contributed by atoms with Gasteiger partial charge in [0.2, 0.25) is 0 Å². The van der Waals surface area contributed by atoms with Gasteiger partial charge in [-0.15, -0.1) is 0 Å². The van der Waals surface area contributed by atoms with Crippen LogP contribution in [0.3, 0.4) is 0 Å². The zero-order valence-electron chi connectivity index (χ0n) is 8.93. The lowest BCUT2D eigenvalue weighted by Gasteiger charge is -2.24. The molecule has 2 rings (SSSR count). The number of hydrogen-bond donors (Lipinski definition) is 1. The molecular formula is C11H13BrFNO2. The van der Waals surface area contributed by atoms with Gasteiger partial charge >= 0.3 is 0 Å². The molecule has 0 saturated carbocycles. The molecule has 1 unspecified atom stereocenters. The number of morpholine rings is 1. The van der Waals surface area contributed by atoms with Gasteiger partial charge in [-0.05, 0) is 28.1 Å². The molecule has 1 atom stereocenters. The Bertz CT molecular complexity index is 380. The summed E-state index contributed by atoms with van der Waals surface area (Å²) in [6, 6.07) is 3.28. The van der Waals surface area contributed by atoms with Gasteiger partial charge in [0.25, 0.3) is 0 Å². The van der Waals surface area contributed by atoms with E-state index >= 15 is 0 Å². The molecule has 0 aromatic heterocycles. The summed E-state index contributed by atoms with van der Waals surface area (Å²) in [4.78, 5) is 0. The molecule has 3 nitrogen and oxygen atoms in total. The van der Waals surface area contributed by atoms with E-state index in [0.29, 0.717) is 28.9 Å². The van der Waals surface area contributed by atoms with Gasteiger partial charge in [-0.1, -0.05) is 0 Å². The summed E-state index contributed by atoms with van der Waals surface area (Å²) in [7, 11) is 1.56. The first kappa shape index (κ1) is 11.8. The highest BCUT2D eigenvalue weighted by Crippen LogP contribution is 2.31. The topological polar surface area (TPSA) is 30.5 Å². The average molecular weight is 290 g/mol. The molecule has 5 heteroatoms. The van der Waals surface area contributed by atoms with Crippen LogP contribution in [0, 0.1) is 5.82 Å². The number of halogens is 2. The van der Waals surface area contributed by atoms with Gasteiger partial charge in [0.05, 0.1) is 24.3 Å². The van der Waals surface area contributed by atoms with Crippen molar-refractivity contribution in [3.63, 3.8) is 0 Å². The summed E-state index contributed by atoms with van der Waals surface area (Å²) >= 11 is 3.17. The van der Waals surface area contributed by atoms with Crippen molar-refractivity contribution in [2.75, 3.05) is 26.8 Å². The monoisotopic (exact) mass is 289 g/mol. The first-order valence-electron chi connectivity index (χ1n) is 5.07. The minimum absolute atomic E-state index is 0.250. The third-order valence-electron chi connectivity index (χ3n) is 2.54. The van der Waals surface area contributed by atoms with Crippen LogP contribution in [0.5, 0.6) is 5.75 Å². The van der Waals surface area contributed by atoms with Gasteiger partial charge in [-0.25, -0.2) is 4.39 Å². The fraction of sp³-hybridized carbons (Fsp3) is 0.455. The van der Waals surface area contributed by atoms with Gasteiger partial charge in [-0.2, -0.15) is 0 Å². The Balaban J connectivity index is 2.33. The van der Waals surface area contributed by atoms with E-state index in [1.165, 1.54) is 0 Å². The van der Waals surface area contributed by atoms with Gasteiger partial charge in [0.15, 0.2) is 0 Å². The normalized spacial score (nSPS) is 20.8. The van der Waals surface area contributed by atoms with Crippen molar-refractivity contribution >= 4 is 15.9 Å². The molecule has 0 bridgehead atoms. The highest BCUT2D eigenvalue weighted by atomic mass is 79.9. The molecule has 0 aliphatic carbocycles. The van der Waals surface area contributed by atoms with Gasteiger partial charge in [0.1, 0.15) is 11.6 Å². The zero-order valence-corrected chi connectivity index (χ0v) is 10.5. The second-order valence-corrected chi connectivity index (χ2v) is 4.43. The predicted octanol–water partition coefficient (Wildman–Crippen LogP) is 2.26. The van der Waals surface area contributed by atoms with E-state index in [4.69, 9.17) is 9.47 Å². The third-order valence-corrected chi connectivity index (χ3v) is 3.12. The molecular weight excluding hydrogens is 277 g/mol. The fourth-order valence-electron chi connectivity index (χ4n) is 1.70. The lowest BCUT2D eigenvalue weighted by atomic mass is 10.1. The summed E-state index contributed by atoms with van der Waals surface area (Å²) in [5.41, 5.74) is 0.526. The second-order valence-electron chi connectivity index (χ2n) is 3.58. The van der Waals surface area contributed by atoms with E-state index in [9.17, 15) is 4.39 Å². The molecule has 1 heterocycles. The molecule has 88 valence electrons. The Morgan fingerprint density at radius 1 is 1.56 bits per heavy atom. The smallest absolute Gasteiger partial charge is 0.143 e. The molecule has 1 fully saturated rings. The number of ether oxygens (including phenoxy) is 2. The van der Waals surface area contributed by atoms with Crippen LogP contribution in [-0.4, -0.2) is 26.8 Å². The van der Waals surface area contributed by atoms with Crippen molar-refractivity contribution in [3.05, 3.63) is 28.0 Å². The lowest BCUT2D eigenvalue weighted by Crippen LogP contribution is -2.33. The predicted molar refractivity (Wildman–Crippen MR) is 62.2 cm³/mol. The van der Waals surface area contributed by atoms with Crippen LogP contribution in [0.2, 0.25) is 0 Å². The summed E-state index contributed by atoms with van der Waals surface area (Å²) in [6.45, 7) is 2.03. The number of rotatable bonds is 2. The molecule has 1 aliphatic rings. The Morgan fingerprint density at radius 3 is 3.00 bits per heavy atom. The fourth-order valence-corrected chi connectivity index (χ4v) is 2.16. The maximum atomic E-state index is 13.9. The third kappa shape index (κ3) is 2.36. The van der Waals surface area contributed by atoms with Gasteiger partial charge in [0, 0.05) is 18.7 Å². The molecule has 0 amide bonds. The minimum Gasteiger partial charge on any atom is -0.497 e. The molecule has 16 heavy (non-hydrogen) atoms. The highest BCUT2D eigenvalue weighted by Gasteiger charge is 2.21. The van der Waals surface area contributed by atoms with Crippen molar-refractivity contribution in [3.8, 4) is 5.75 Å². The standard InChI is InChI=1S/C11H13BrFNO2/c1-15-7-4-8(11(13)9(12)5-7)10-6-14-2-3-16-10/h4-5,10,14H,2-3,6H2,1H3. The van der Waals surface area contributed by atoms with Crippen LogP contribution < -0.4 is 10.1 Å². The lowest BCUT2D eigenvalue weighted by molar-refractivity contribution is 0.0253. The Kier molecular flexibility index (Phi) is 3.78. The van der Waals surface area contributed by atoms with Crippen LogP contribution in [0.15, 0.2) is 16.6 Å². The first-order chi connectivity index (χ1) is 7.72. The number of benzene rings is 1. The zero-order chi connectivity index (χ0) is 11.5. The second kappa shape index (κ2) is 5.12. The molecule has 0 spiro atoms. The van der Waals surface area contributed by atoms with Crippen molar-refractivity contribution in [2.45, 2.75) is 6.10 Å². The van der Waals surface area contributed by atoms with E-state index in [0.717, 1.165) is 6.54 Å². The Hall–Kier alpha value is -0.650. The minimum atomic E-state index is -0.283. The van der Waals surface area contributed by atoms with E-state index < -0.39 is 0 Å². The molecule has 1 aliphatic heterocycles. The van der Waals surface area contributed by atoms with Crippen LogP contribution >= 0.6 is 15.9 Å². The van der Waals surface area contributed by atoms with Crippen molar-refractivity contribution in [2.24, 2.45) is 0 Å². The van der Waals surface area contributed by atoms with E-state index in [1.54, 1.807) is 19.2 Å². The molecule has 1 aromatic carbocycles. The summed E-state index contributed by atoms with van der Waals surface area (Å²) in [5.74, 6) is 0.340. The van der Waals surface area contributed by atoms with E-state index in [1.807, 2.05) is 0 Å².